The SMILES string of the molecule is Cc1ccc(NS(=O)(=O)c2ccc(NC(=O)COc3ccc(C)cc3C)cc2)c(C)c1. The molecule has 0 saturated heterocycles. The fourth-order valence-corrected chi connectivity index (χ4v) is 4.28. The maximum Gasteiger partial charge on any atom is 0.262 e. The van der Waals surface area contributed by atoms with Crippen LogP contribution in [0.5, 0.6) is 5.75 Å². The molecule has 0 aliphatic heterocycles. The number of carbonyl (C=O) groups is 1. The topological polar surface area (TPSA) is 84.5 Å². The van der Waals surface area contributed by atoms with Crippen LogP contribution in [-0.4, -0.2) is 20.9 Å². The van der Waals surface area contributed by atoms with Crippen LogP contribution < -0.4 is 14.8 Å². The van der Waals surface area contributed by atoms with Gasteiger partial charge in [-0.2, -0.15) is 0 Å². The molecule has 0 unspecified atom stereocenters. The Balaban J connectivity index is 1.61. The summed E-state index contributed by atoms with van der Waals surface area (Å²) in [5, 5.41) is 2.71. The molecule has 31 heavy (non-hydrogen) atoms. The van der Waals surface area contributed by atoms with Gasteiger partial charge >= 0.3 is 0 Å². The third-order valence-electron chi connectivity index (χ3n) is 4.76. The largest absolute Gasteiger partial charge is 0.483 e. The third-order valence-corrected chi connectivity index (χ3v) is 6.15. The number of rotatable bonds is 7. The number of ether oxygens (including phenoxy) is 1. The van der Waals surface area contributed by atoms with Crippen molar-refractivity contribution in [1.29, 1.82) is 0 Å². The minimum absolute atomic E-state index is 0.108. The Morgan fingerprint density at radius 1 is 0.839 bits per heavy atom. The first-order valence-corrected chi connectivity index (χ1v) is 11.3. The molecule has 0 fully saturated rings. The molecule has 0 aliphatic rings. The highest BCUT2D eigenvalue weighted by Gasteiger charge is 2.15. The highest BCUT2D eigenvalue weighted by atomic mass is 32.2. The molecule has 1 amide bonds. The van der Waals surface area contributed by atoms with Gasteiger partial charge in [0.2, 0.25) is 0 Å². The second-order valence-corrected chi connectivity index (χ2v) is 9.24. The molecule has 0 atom stereocenters. The van der Waals surface area contributed by atoms with E-state index < -0.39 is 10.0 Å². The molecule has 0 spiro atoms. The number of hydrogen-bond acceptors (Lipinski definition) is 4. The number of aryl methyl sites for hydroxylation is 4. The standard InChI is InChI=1S/C24H26N2O4S/c1-16-5-11-22(18(3)13-16)26-31(28,29)21-9-7-20(8-10-21)25-24(27)15-30-23-12-6-17(2)14-19(23)4/h5-14,26H,15H2,1-4H3,(H,25,27). The monoisotopic (exact) mass is 438 g/mol. The maximum atomic E-state index is 12.7. The van der Waals surface area contributed by atoms with Gasteiger partial charge in [-0.05, 0) is 75.2 Å². The number of amides is 1. The van der Waals surface area contributed by atoms with E-state index in [9.17, 15) is 13.2 Å². The minimum atomic E-state index is -3.74. The summed E-state index contributed by atoms with van der Waals surface area (Å²) in [5.74, 6) is 0.323. The van der Waals surface area contributed by atoms with Gasteiger partial charge < -0.3 is 10.1 Å². The zero-order valence-corrected chi connectivity index (χ0v) is 18.8. The summed E-state index contributed by atoms with van der Waals surface area (Å²) in [6.45, 7) is 7.57. The number of anilines is 2. The van der Waals surface area contributed by atoms with Crippen LogP contribution in [-0.2, 0) is 14.8 Å². The summed E-state index contributed by atoms with van der Waals surface area (Å²) < 4.78 is 33.5. The third kappa shape index (κ3) is 5.86. The molecular weight excluding hydrogens is 412 g/mol. The maximum absolute atomic E-state index is 12.7. The molecule has 3 aromatic rings. The Kier molecular flexibility index (Phi) is 6.65. The van der Waals surface area contributed by atoms with Gasteiger partial charge in [0.25, 0.3) is 15.9 Å². The molecule has 7 heteroatoms. The van der Waals surface area contributed by atoms with Crippen LogP contribution in [0.1, 0.15) is 22.3 Å². The van der Waals surface area contributed by atoms with Crippen LogP contribution in [0, 0.1) is 27.7 Å². The predicted octanol–water partition coefficient (Wildman–Crippen LogP) is 4.74. The number of benzene rings is 3. The van der Waals surface area contributed by atoms with Crippen molar-refractivity contribution < 1.29 is 17.9 Å². The number of hydrogen-bond donors (Lipinski definition) is 2. The lowest BCUT2D eigenvalue weighted by molar-refractivity contribution is -0.118. The van der Waals surface area contributed by atoms with E-state index in [4.69, 9.17) is 4.74 Å². The minimum Gasteiger partial charge on any atom is -0.483 e. The Morgan fingerprint density at radius 2 is 1.45 bits per heavy atom. The summed E-state index contributed by atoms with van der Waals surface area (Å²) in [5.41, 5.74) is 5.00. The molecular formula is C24H26N2O4S. The summed E-state index contributed by atoms with van der Waals surface area (Å²) in [4.78, 5) is 12.3. The molecule has 0 radical (unpaired) electrons. The smallest absolute Gasteiger partial charge is 0.262 e. The lowest BCUT2D eigenvalue weighted by atomic mass is 10.1. The molecule has 0 aromatic heterocycles. The van der Waals surface area contributed by atoms with E-state index in [2.05, 4.69) is 10.0 Å². The number of carbonyl (C=O) groups excluding carboxylic acids is 1. The number of sulfonamides is 1. The van der Waals surface area contributed by atoms with E-state index in [1.807, 2.05) is 58.0 Å². The van der Waals surface area contributed by atoms with Crippen molar-refractivity contribution in [2.45, 2.75) is 32.6 Å². The molecule has 0 bridgehead atoms. The van der Waals surface area contributed by atoms with E-state index in [1.54, 1.807) is 18.2 Å². The predicted molar refractivity (Wildman–Crippen MR) is 123 cm³/mol. The lowest BCUT2D eigenvalue weighted by Crippen LogP contribution is -2.20. The molecule has 0 heterocycles. The van der Waals surface area contributed by atoms with Crippen LogP contribution in [0.15, 0.2) is 65.6 Å². The van der Waals surface area contributed by atoms with Crippen molar-refractivity contribution in [1.82, 2.24) is 0 Å². The zero-order chi connectivity index (χ0) is 22.6. The molecule has 0 aliphatic carbocycles. The van der Waals surface area contributed by atoms with E-state index >= 15 is 0 Å². The molecule has 6 nitrogen and oxygen atoms in total. The van der Waals surface area contributed by atoms with E-state index in [0.29, 0.717) is 17.1 Å². The van der Waals surface area contributed by atoms with Gasteiger partial charge in [0.1, 0.15) is 5.75 Å². The van der Waals surface area contributed by atoms with Gasteiger partial charge in [-0.3, -0.25) is 9.52 Å². The highest BCUT2D eigenvalue weighted by Crippen LogP contribution is 2.22. The molecule has 162 valence electrons. The van der Waals surface area contributed by atoms with Crippen molar-refractivity contribution >= 4 is 27.3 Å². The van der Waals surface area contributed by atoms with Gasteiger partial charge in [0.05, 0.1) is 10.6 Å². The van der Waals surface area contributed by atoms with Gasteiger partial charge in [0.15, 0.2) is 6.61 Å². The average Bonchev–Trinajstić information content (AvgIpc) is 2.70. The van der Waals surface area contributed by atoms with Gasteiger partial charge in [-0.1, -0.05) is 35.4 Å². The summed E-state index contributed by atoms with van der Waals surface area (Å²) >= 11 is 0. The van der Waals surface area contributed by atoms with Crippen molar-refractivity contribution in [3.8, 4) is 5.75 Å². The highest BCUT2D eigenvalue weighted by molar-refractivity contribution is 7.92. The molecule has 3 aromatic carbocycles. The van der Waals surface area contributed by atoms with Crippen LogP contribution >= 0.6 is 0 Å². The number of nitrogens with one attached hydrogen (secondary N) is 2. The summed E-state index contributed by atoms with van der Waals surface area (Å²) in [7, 11) is -3.74. The second kappa shape index (κ2) is 9.22. The van der Waals surface area contributed by atoms with Crippen molar-refractivity contribution in [2.24, 2.45) is 0 Å². The van der Waals surface area contributed by atoms with Gasteiger partial charge in [-0.25, -0.2) is 8.42 Å². The van der Waals surface area contributed by atoms with Crippen molar-refractivity contribution in [2.75, 3.05) is 16.6 Å². The quantitative estimate of drug-likeness (QED) is 0.558. The van der Waals surface area contributed by atoms with Gasteiger partial charge in [0, 0.05) is 5.69 Å². The first-order valence-electron chi connectivity index (χ1n) is 9.84. The Bertz CT molecular complexity index is 1200. The van der Waals surface area contributed by atoms with Crippen molar-refractivity contribution in [3.63, 3.8) is 0 Å². The van der Waals surface area contributed by atoms with Crippen LogP contribution in [0.25, 0.3) is 0 Å². The fourth-order valence-electron chi connectivity index (χ4n) is 3.15. The molecule has 3 rings (SSSR count). The average molecular weight is 439 g/mol. The second-order valence-electron chi connectivity index (χ2n) is 7.55. The van der Waals surface area contributed by atoms with Crippen LogP contribution in [0.3, 0.4) is 0 Å². The first-order chi connectivity index (χ1) is 14.6. The van der Waals surface area contributed by atoms with E-state index in [0.717, 1.165) is 22.3 Å². The first kappa shape index (κ1) is 22.4. The Labute approximate surface area is 183 Å². The van der Waals surface area contributed by atoms with Gasteiger partial charge in [-0.15, -0.1) is 0 Å². The van der Waals surface area contributed by atoms with Crippen LogP contribution in [0.4, 0.5) is 11.4 Å². The summed E-state index contributed by atoms with van der Waals surface area (Å²) in [6.07, 6.45) is 0. The fraction of sp³-hybridized carbons (Fsp3) is 0.208. The normalized spacial score (nSPS) is 11.1. The van der Waals surface area contributed by atoms with E-state index in [-0.39, 0.29) is 17.4 Å². The molecule has 0 saturated carbocycles. The molecule has 2 N–H and O–H groups in total. The Hall–Kier alpha value is -3.32. The lowest BCUT2D eigenvalue weighted by Gasteiger charge is -2.12. The Morgan fingerprint density at radius 3 is 2.06 bits per heavy atom. The summed E-state index contributed by atoms with van der Waals surface area (Å²) in [6, 6.07) is 17.2. The van der Waals surface area contributed by atoms with Crippen molar-refractivity contribution in [3.05, 3.63) is 82.9 Å². The van der Waals surface area contributed by atoms with Crippen LogP contribution in [0.2, 0.25) is 0 Å². The zero-order valence-electron chi connectivity index (χ0n) is 18.0. The van der Waals surface area contributed by atoms with E-state index in [1.165, 1.54) is 12.1 Å².